The molecule has 1 fully saturated rings. The van der Waals surface area contributed by atoms with Gasteiger partial charge in [-0.1, -0.05) is 42.5 Å². The number of aromatic nitrogens is 2. The predicted octanol–water partition coefficient (Wildman–Crippen LogP) is 3.75. The van der Waals surface area contributed by atoms with Gasteiger partial charge in [0.2, 0.25) is 5.91 Å². The van der Waals surface area contributed by atoms with Crippen molar-refractivity contribution in [3.8, 4) is 0 Å². The number of hydrogen-bond acceptors (Lipinski definition) is 3. The summed E-state index contributed by atoms with van der Waals surface area (Å²) in [4.78, 5) is 29.5. The molecular formula is C23H25N3O2. The van der Waals surface area contributed by atoms with Crippen molar-refractivity contribution < 1.29 is 4.79 Å². The normalized spacial score (nSPS) is 14.8. The standard InChI is InChI=1S/C23H25N3O2/c1-16-7-5-10-19-21(16)24-15-26(23(19)28)14-6-11-20(27)25-22(18-12-13-18)17-8-3-2-4-9-17/h2-5,7-10,15,18,22H,6,11-14H2,1H3,(H,25,27). The van der Waals surface area contributed by atoms with Crippen LogP contribution in [0.1, 0.15) is 42.9 Å². The summed E-state index contributed by atoms with van der Waals surface area (Å²) < 4.78 is 1.60. The van der Waals surface area contributed by atoms with Crippen LogP contribution in [0.5, 0.6) is 0 Å². The molecule has 1 aliphatic rings. The fourth-order valence-electron chi connectivity index (χ4n) is 3.72. The minimum atomic E-state index is -0.0470. The summed E-state index contributed by atoms with van der Waals surface area (Å²) >= 11 is 0. The average Bonchev–Trinajstić information content (AvgIpc) is 3.54. The van der Waals surface area contributed by atoms with E-state index in [0.29, 0.717) is 30.7 Å². The molecule has 1 aliphatic carbocycles. The molecule has 1 N–H and O–H groups in total. The molecule has 5 heteroatoms. The topological polar surface area (TPSA) is 64.0 Å². The quantitative estimate of drug-likeness (QED) is 0.684. The number of nitrogens with one attached hydrogen (secondary N) is 1. The highest BCUT2D eigenvalue weighted by Crippen LogP contribution is 2.40. The van der Waals surface area contributed by atoms with Crippen LogP contribution in [-0.2, 0) is 11.3 Å². The van der Waals surface area contributed by atoms with Gasteiger partial charge in [-0.2, -0.15) is 0 Å². The van der Waals surface area contributed by atoms with E-state index in [2.05, 4.69) is 22.4 Å². The van der Waals surface area contributed by atoms with E-state index < -0.39 is 0 Å². The largest absolute Gasteiger partial charge is 0.349 e. The lowest BCUT2D eigenvalue weighted by Crippen LogP contribution is -2.30. The monoisotopic (exact) mass is 375 g/mol. The fraction of sp³-hybridized carbons (Fsp3) is 0.348. The van der Waals surface area contributed by atoms with Crippen molar-refractivity contribution >= 4 is 16.8 Å². The van der Waals surface area contributed by atoms with Crippen molar-refractivity contribution in [1.82, 2.24) is 14.9 Å². The first kappa shape index (κ1) is 18.4. The molecular weight excluding hydrogens is 350 g/mol. The molecule has 0 radical (unpaired) electrons. The molecule has 4 rings (SSSR count). The van der Waals surface area contributed by atoms with Gasteiger partial charge in [0.1, 0.15) is 0 Å². The molecule has 3 aromatic rings. The lowest BCUT2D eigenvalue weighted by molar-refractivity contribution is -0.122. The van der Waals surface area contributed by atoms with Crippen molar-refractivity contribution in [2.24, 2.45) is 5.92 Å². The van der Waals surface area contributed by atoms with Gasteiger partial charge in [-0.05, 0) is 49.3 Å². The van der Waals surface area contributed by atoms with E-state index >= 15 is 0 Å². The number of hydrogen-bond donors (Lipinski definition) is 1. The summed E-state index contributed by atoms with van der Waals surface area (Å²) in [5, 5.41) is 3.82. The minimum Gasteiger partial charge on any atom is -0.349 e. The Balaban J connectivity index is 1.37. The van der Waals surface area contributed by atoms with Gasteiger partial charge >= 0.3 is 0 Å². The van der Waals surface area contributed by atoms with Gasteiger partial charge in [-0.3, -0.25) is 14.2 Å². The highest BCUT2D eigenvalue weighted by molar-refractivity contribution is 5.80. The Morgan fingerprint density at radius 2 is 1.96 bits per heavy atom. The van der Waals surface area contributed by atoms with Crippen LogP contribution in [0, 0.1) is 12.8 Å². The predicted molar refractivity (Wildman–Crippen MR) is 110 cm³/mol. The van der Waals surface area contributed by atoms with Gasteiger partial charge in [0.25, 0.3) is 5.56 Å². The zero-order chi connectivity index (χ0) is 19.5. The fourth-order valence-corrected chi connectivity index (χ4v) is 3.72. The summed E-state index contributed by atoms with van der Waals surface area (Å²) in [7, 11) is 0. The first-order valence-electron chi connectivity index (χ1n) is 9.92. The van der Waals surface area contributed by atoms with E-state index in [0.717, 1.165) is 23.9 Å². The number of amides is 1. The Morgan fingerprint density at radius 1 is 1.18 bits per heavy atom. The molecule has 1 atom stereocenters. The zero-order valence-corrected chi connectivity index (χ0v) is 16.1. The van der Waals surface area contributed by atoms with Gasteiger partial charge in [-0.25, -0.2) is 4.98 Å². The van der Waals surface area contributed by atoms with E-state index in [1.165, 1.54) is 5.56 Å². The maximum Gasteiger partial charge on any atom is 0.261 e. The summed E-state index contributed by atoms with van der Waals surface area (Å²) in [6, 6.07) is 15.9. The van der Waals surface area contributed by atoms with Crippen molar-refractivity contribution in [2.75, 3.05) is 0 Å². The SMILES string of the molecule is Cc1cccc2c(=O)n(CCCC(=O)NC(c3ccccc3)C3CC3)cnc12. The molecule has 28 heavy (non-hydrogen) atoms. The average molecular weight is 375 g/mol. The van der Waals surface area contributed by atoms with Crippen LogP contribution in [0.2, 0.25) is 0 Å². The van der Waals surface area contributed by atoms with Crippen molar-refractivity contribution in [3.63, 3.8) is 0 Å². The van der Waals surface area contributed by atoms with Crippen LogP contribution in [0.25, 0.3) is 10.9 Å². The molecule has 1 aromatic heterocycles. The van der Waals surface area contributed by atoms with E-state index in [1.54, 1.807) is 17.0 Å². The number of aryl methyl sites for hydroxylation is 2. The lowest BCUT2D eigenvalue weighted by atomic mass is 10.0. The van der Waals surface area contributed by atoms with Gasteiger partial charge in [0.05, 0.1) is 23.3 Å². The van der Waals surface area contributed by atoms with Crippen LogP contribution < -0.4 is 10.9 Å². The number of nitrogens with zero attached hydrogens (tertiary/aromatic N) is 2. The van der Waals surface area contributed by atoms with Crippen LogP contribution in [-0.4, -0.2) is 15.5 Å². The first-order chi connectivity index (χ1) is 13.6. The highest BCUT2D eigenvalue weighted by Gasteiger charge is 2.33. The second-order valence-electron chi connectivity index (χ2n) is 7.61. The van der Waals surface area contributed by atoms with Crippen LogP contribution in [0.3, 0.4) is 0 Å². The first-order valence-corrected chi connectivity index (χ1v) is 9.92. The molecule has 0 bridgehead atoms. The van der Waals surface area contributed by atoms with Crippen molar-refractivity contribution in [2.45, 2.75) is 45.2 Å². The van der Waals surface area contributed by atoms with Crippen LogP contribution in [0.4, 0.5) is 0 Å². The third-order valence-electron chi connectivity index (χ3n) is 5.43. The molecule has 0 saturated heterocycles. The molecule has 1 saturated carbocycles. The molecule has 144 valence electrons. The number of carbonyl (C=O) groups is 1. The molecule has 1 amide bonds. The van der Waals surface area contributed by atoms with Crippen LogP contribution in [0.15, 0.2) is 59.7 Å². The second kappa shape index (κ2) is 7.97. The number of rotatable bonds is 7. The van der Waals surface area contributed by atoms with Crippen LogP contribution >= 0.6 is 0 Å². The molecule has 1 unspecified atom stereocenters. The molecule has 1 heterocycles. The third kappa shape index (κ3) is 3.98. The minimum absolute atomic E-state index is 0.0402. The summed E-state index contributed by atoms with van der Waals surface area (Å²) in [5.41, 5.74) is 2.86. The van der Waals surface area contributed by atoms with E-state index in [-0.39, 0.29) is 17.5 Å². The highest BCUT2D eigenvalue weighted by atomic mass is 16.1. The summed E-state index contributed by atoms with van der Waals surface area (Å²) in [6.45, 7) is 2.44. The smallest absolute Gasteiger partial charge is 0.261 e. The van der Waals surface area contributed by atoms with E-state index in [9.17, 15) is 9.59 Å². The second-order valence-corrected chi connectivity index (χ2v) is 7.61. The molecule has 0 aliphatic heterocycles. The maximum absolute atomic E-state index is 12.6. The maximum atomic E-state index is 12.6. The number of benzene rings is 2. The Bertz CT molecular complexity index is 1040. The number of fused-ring (bicyclic) bond motifs is 1. The number of carbonyl (C=O) groups excluding carboxylic acids is 1. The molecule has 0 spiro atoms. The van der Waals surface area contributed by atoms with Crippen molar-refractivity contribution in [3.05, 3.63) is 76.3 Å². The molecule has 5 nitrogen and oxygen atoms in total. The van der Waals surface area contributed by atoms with Gasteiger partial charge in [-0.15, -0.1) is 0 Å². The Kier molecular flexibility index (Phi) is 5.24. The zero-order valence-electron chi connectivity index (χ0n) is 16.1. The van der Waals surface area contributed by atoms with E-state index in [1.807, 2.05) is 37.3 Å². The van der Waals surface area contributed by atoms with Crippen molar-refractivity contribution in [1.29, 1.82) is 0 Å². The Labute approximate surface area is 164 Å². The van der Waals surface area contributed by atoms with Gasteiger partial charge < -0.3 is 5.32 Å². The van der Waals surface area contributed by atoms with Gasteiger partial charge in [0.15, 0.2) is 0 Å². The van der Waals surface area contributed by atoms with Gasteiger partial charge in [0, 0.05) is 13.0 Å². The summed E-state index contributed by atoms with van der Waals surface area (Å²) in [5.74, 6) is 0.584. The summed E-state index contributed by atoms with van der Waals surface area (Å²) in [6.07, 6.45) is 4.92. The number of para-hydroxylation sites is 1. The molecule has 2 aromatic carbocycles. The Hall–Kier alpha value is -2.95. The van der Waals surface area contributed by atoms with E-state index in [4.69, 9.17) is 0 Å². The third-order valence-corrected chi connectivity index (χ3v) is 5.43. The lowest BCUT2D eigenvalue weighted by Gasteiger charge is -2.19. The Morgan fingerprint density at radius 3 is 2.71 bits per heavy atom.